The zero-order chi connectivity index (χ0) is 16.1. The topological polar surface area (TPSA) is 44.7 Å². The number of benzene rings is 1. The summed E-state index contributed by atoms with van der Waals surface area (Å²) in [5.74, 6) is 0.344. The van der Waals surface area contributed by atoms with Crippen molar-refractivity contribution < 1.29 is 14.2 Å². The van der Waals surface area contributed by atoms with E-state index in [4.69, 9.17) is 4.74 Å². The molecule has 3 rings (SSSR count). The highest BCUT2D eigenvalue weighted by atomic mass is 19.1. The number of halogens is 1. The molecule has 1 heterocycles. The van der Waals surface area contributed by atoms with Crippen molar-refractivity contribution in [2.45, 2.75) is 50.4 Å². The van der Waals surface area contributed by atoms with Crippen LogP contribution in [0.1, 0.15) is 32.1 Å². The molecule has 1 saturated carbocycles. The number of aliphatic hydroxyl groups is 1. The highest BCUT2D eigenvalue weighted by Gasteiger charge is 2.33. The van der Waals surface area contributed by atoms with Gasteiger partial charge in [-0.1, -0.05) is 0 Å². The van der Waals surface area contributed by atoms with E-state index in [-0.39, 0.29) is 18.0 Å². The summed E-state index contributed by atoms with van der Waals surface area (Å²) in [6, 6.07) is 6.09. The van der Waals surface area contributed by atoms with Crippen molar-refractivity contribution in [2.75, 3.05) is 26.2 Å². The maximum Gasteiger partial charge on any atom is 0.126 e. The molecule has 0 radical (unpaired) electrons. The van der Waals surface area contributed by atoms with Gasteiger partial charge in [0.1, 0.15) is 23.8 Å². The summed E-state index contributed by atoms with van der Waals surface area (Å²) < 4.78 is 18.8. The first-order valence-corrected chi connectivity index (χ1v) is 8.78. The summed E-state index contributed by atoms with van der Waals surface area (Å²) in [6.07, 6.45) is 4.71. The van der Waals surface area contributed by atoms with Crippen LogP contribution in [0.15, 0.2) is 24.3 Å². The van der Waals surface area contributed by atoms with E-state index in [9.17, 15) is 9.50 Å². The Hall–Kier alpha value is -1.17. The van der Waals surface area contributed by atoms with E-state index in [2.05, 4.69) is 10.2 Å². The van der Waals surface area contributed by atoms with E-state index in [1.807, 2.05) is 0 Å². The van der Waals surface area contributed by atoms with Gasteiger partial charge in [0.15, 0.2) is 0 Å². The molecular formula is C18H27FN2O2. The highest BCUT2D eigenvalue weighted by Crippen LogP contribution is 2.24. The van der Waals surface area contributed by atoms with E-state index in [0.717, 1.165) is 32.4 Å². The third-order valence-electron chi connectivity index (χ3n) is 4.93. The van der Waals surface area contributed by atoms with Crippen molar-refractivity contribution in [2.24, 2.45) is 0 Å². The fourth-order valence-corrected chi connectivity index (χ4v) is 3.59. The quantitative estimate of drug-likeness (QED) is 0.842. The van der Waals surface area contributed by atoms with Gasteiger partial charge < -0.3 is 20.1 Å². The number of rotatable bonds is 6. The van der Waals surface area contributed by atoms with Crippen LogP contribution in [-0.4, -0.2) is 54.4 Å². The molecule has 1 aliphatic carbocycles. The van der Waals surface area contributed by atoms with Crippen molar-refractivity contribution in [3.05, 3.63) is 30.1 Å². The number of likely N-dealkylation sites (tertiary alicyclic amines) is 1. The van der Waals surface area contributed by atoms with Gasteiger partial charge in [0, 0.05) is 19.1 Å². The van der Waals surface area contributed by atoms with Crippen LogP contribution in [0.2, 0.25) is 0 Å². The van der Waals surface area contributed by atoms with Crippen LogP contribution >= 0.6 is 0 Å². The summed E-state index contributed by atoms with van der Waals surface area (Å²) in [7, 11) is 0. The Morgan fingerprint density at radius 3 is 2.61 bits per heavy atom. The second kappa shape index (κ2) is 8.08. The molecule has 0 unspecified atom stereocenters. The Morgan fingerprint density at radius 2 is 1.87 bits per heavy atom. The minimum Gasteiger partial charge on any atom is -0.488 e. The number of nitrogens with one attached hydrogen (secondary N) is 1. The average molecular weight is 322 g/mol. The zero-order valence-electron chi connectivity index (χ0n) is 13.6. The van der Waals surface area contributed by atoms with Crippen LogP contribution in [-0.2, 0) is 0 Å². The standard InChI is InChI=1S/C18H27FN2O2/c19-14-6-8-15(9-7-14)23-17-5-3-4-16(18(17)22)20-10-13-21-11-1-2-12-21/h6-9,16-18,20,22H,1-5,10-13H2/t16-,17+,18+/m0/s1. The first-order valence-electron chi connectivity index (χ1n) is 8.78. The number of nitrogens with zero attached hydrogens (tertiary/aromatic N) is 1. The number of ether oxygens (including phenoxy) is 1. The van der Waals surface area contributed by atoms with Crippen LogP contribution in [0.25, 0.3) is 0 Å². The zero-order valence-corrected chi connectivity index (χ0v) is 13.6. The molecule has 1 aromatic rings. The van der Waals surface area contributed by atoms with Gasteiger partial charge in [0.25, 0.3) is 0 Å². The lowest BCUT2D eigenvalue weighted by Gasteiger charge is -2.35. The lowest BCUT2D eigenvalue weighted by atomic mass is 9.90. The van der Waals surface area contributed by atoms with Gasteiger partial charge in [-0.2, -0.15) is 0 Å². The molecule has 3 atom stereocenters. The molecule has 0 aromatic heterocycles. The van der Waals surface area contributed by atoms with Crippen LogP contribution in [0.4, 0.5) is 4.39 Å². The molecule has 4 nitrogen and oxygen atoms in total. The maximum atomic E-state index is 13.0. The summed E-state index contributed by atoms with van der Waals surface area (Å²) in [5.41, 5.74) is 0. The first-order chi connectivity index (χ1) is 11.2. The number of hydrogen-bond donors (Lipinski definition) is 2. The second-order valence-corrected chi connectivity index (χ2v) is 6.64. The van der Waals surface area contributed by atoms with E-state index in [1.54, 1.807) is 12.1 Å². The minimum atomic E-state index is -0.521. The molecule has 2 N–H and O–H groups in total. The van der Waals surface area contributed by atoms with Gasteiger partial charge in [-0.05, 0) is 69.5 Å². The number of aliphatic hydroxyl groups excluding tert-OH is 1. The van der Waals surface area contributed by atoms with Crippen LogP contribution < -0.4 is 10.1 Å². The van der Waals surface area contributed by atoms with Gasteiger partial charge in [0.05, 0.1) is 0 Å². The van der Waals surface area contributed by atoms with Crippen molar-refractivity contribution in [1.29, 1.82) is 0 Å². The van der Waals surface area contributed by atoms with Crippen molar-refractivity contribution >= 4 is 0 Å². The van der Waals surface area contributed by atoms with E-state index >= 15 is 0 Å². The van der Waals surface area contributed by atoms with Crippen molar-refractivity contribution in [3.8, 4) is 5.75 Å². The Morgan fingerprint density at radius 1 is 1.13 bits per heavy atom. The summed E-state index contributed by atoms with van der Waals surface area (Å²) >= 11 is 0. The van der Waals surface area contributed by atoms with Gasteiger partial charge in [-0.25, -0.2) is 4.39 Å². The highest BCUT2D eigenvalue weighted by molar-refractivity contribution is 5.22. The maximum absolute atomic E-state index is 13.0. The Kier molecular flexibility index (Phi) is 5.86. The summed E-state index contributed by atoms with van der Waals surface area (Å²) in [5, 5.41) is 14.1. The molecule has 0 amide bonds. The van der Waals surface area contributed by atoms with Gasteiger partial charge in [0.2, 0.25) is 0 Å². The molecule has 0 bridgehead atoms. The third kappa shape index (κ3) is 4.66. The fourth-order valence-electron chi connectivity index (χ4n) is 3.59. The third-order valence-corrected chi connectivity index (χ3v) is 4.93. The lowest BCUT2D eigenvalue weighted by molar-refractivity contribution is -0.0155. The minimum absolute atomic E-state index is 0.0804. The molecule has 1 saturated heterocycles. The lowest BCUT2D eigenvalue weighted by Crippen LogP contribution is -2.52. The van der Waals surface area contributed by atoms with Crippen LogP contribution in [0, 0.1) is 5.82 Å². The van der Waals surface area contributed by atoms with E-state index in [0.29, 0.717) is 5.75 Å². The van der Waals surface area contributed by atoms with E-state index < -0.39 is 6.10 Å². The molecule has 1 aromatic carbocycles. The molecule has 1 aliphatic heterocycles. The Labute approximate surface area is 137 Å². The van der Waals surface area contributed by atoms with Gasteiger partial charge >= 0.3 is 0 Å². The fraction of sp³-hybridized carbons (Fsp3) is 0.667. The molecule has 2 aliphatic rings. The van der Waals surface area contributed by atoms with Gasteiger partial charge in [-0.15, -0.1) is 0 Å². The average Bonchev–Trinajstić information content (AvgIpc) is 3.06. The summed E-state index contributed by atoms with van der Waals surface area (Å²) in [6.45, 7) is 4.36. The predicted molar refractivity (Wildman–Crippen MR) is 88.1 cm³/mol. The second-order valence-electron chi connectivity index (χ2n) is 6.64. The molecule has 128 valence electrons. The Balaban J connectivity index is 1.47. The van der Waals surface area contributed by atoms with Crippen molar-refractivity contribution in [1.82, 2.24) is 10.2 Å². The van der Waals surface area contributed by atoms with Gasteiger partial charge in [-0.3, -0.25) is 0 Å². The SMILES string of the molecule is O[C@@H]1[C@@H](NCCN2CCCC2)CCC[C@H]1Oc1ccc(F)cc1. The van der Waals surface area contributed by atoms with E-state index in [1.165, 1.54) is 38.1 Å². The molecule has 0 spiro atoms. The first kappa shape index (κ1) is 16.7. The monoisotopic (exact) mass is 322 g/mol. The van der Waals surface area contributed by atoms with Crippen molar-refractivity contribution in [3.63, 3.8) is 0 Å². The molecule has 23 heavy (non-hydrogen) atoms. The largest absolute Gasteiger partial charge is 0.488 e. The summed E-state index contributed by atoms with van der Waals surface area (Å²) in [4.78, 5) is 2.47. The van der Waals surface area contributed by atoms with Crippen LogP contribution in [0.3, 0.4) is 0 Å². The normalized spacial score (nSPS) is 28.9. The molecule has 5 heteroatoms. The molecular weight excluding hydrogens is 295 g/mol. The smallest absolute Gasteiger partial charge is 0.126 e. The molecule has 2 fully saturated rings. The van der Waals surface area contributed by atoms with Crippen LogP contribution in [0.5, 0.6) is 5.75 Å². The Bertz CT molecular complexity index is 476. The predicted octanol–water partition coefficient (Wildman–Crippen LogP) is 2.17. The number of hydrogen-bond acceptors (Lipinski definition) is 4.